The van der Waals surface area contributed by atoms with Crippen LogP contribution in [0.4, 0.5) is 0 Å². The maximum atomic E-state index is 5.47. The third-order valence-corrected chi connectivity index (χ3v) is 2.22. The average Bonchev–Trinajstić information content (AvgIpc) is 2.74. The predicted octanol–water partition coefficient (Wildman–Crippen LogP) is 1.93. The highest BCUT2D eigenvalue weighted by Crippen LogP contribution is 2.05. The standard InChI is InChI=1S/C12H23N3O2/c1-4-7-13-8-5-6-11-14-15-12(17-11)9-16-10(2)3/h10,13H,4-9H2,1-3H3. The zero-order chi connectivity index (χ0) is 12.5. The predicted molar refractivity (Wildman–Crippen MR) is 65.7 cm³/mol. The molecule has 0 aliphatic carbocycles. The monoisotopic (exact) mass is 241 g/mol. The van der Waals surface area contributed by atoms with Crippen molar-refractivity contribution in [3.8, 4) is 0 Å². The fraction of sp³-hybridized carbons (Fsp3) is 0.833. The molecule has 17 heavy (non-hydrogen) atoms. The molecule has 1 heterocycles. The SMILES string of the molecule is CCCNCCCc1nnc(COC(C)C)o1. The highest BCUT2D eigenvalue weighted by atomic mass is 16.5. The summed E-state index contributed by atoms with van der Waals surface area (Å²) in [5, 5.41) is 11.3. The van der Waals surface area contributed by atoms with Crippen LogP contribution in [-0.2, 0) is 17.8 Å². The van der Waals surface area contributed by atoms with E-state index in [1.807, 2.05) is 13.8 Å². The molecule has 0 aromatic carbocycles. The molecule has 0 saturated heterocycles. The van der Waals surface area contributed by atoms with E-state index >= 15 is 0 Å². The Morgan fingerprint density at radius 3 is 2.71 bits per heavy atom. The normalized spacial score (nSPS) is 11.3. The second-order valence-electron chi connectivity index (χ2n) is 4.30. The lowest BCUT2D eigenvalue weighted by molar-refractivity contribution is 0.0511. The van der Waals surface area contributed by atoms with E-state index in [0.29, 0.717) is 18.4 Å². The molecule has 5 heteroatoms. The van der Waals surface area contributed by atoms with Gasteiger partial charge >= 0.3 is 0 Å². The van der Waals surface area contributed by atoms with Gasteiger partial charge in [0.05, 0.1) is 6.10 Å². The van der Waals surface area contributed by atoms with E-state index in [2.05, 4.69) is 22.4 Å². The van der Waals surface area contributed by atoms with Gasteiger partial charge in [0.15, 0.2) is 0 Å². The Balaban J connectivity index is 2.17. The van der Waals surface area contributed by atoms with Crippen LogP contribution in [0.3, 0.4) is 0 Å². The molecular formula is C12H23N3O2. The van der Waals surface area contributed by atoms with Crippen LogP contribution in [0.25, 0.3) is 0 Å². The first kappa shape index (κ1) is 14.1. The molecule has 98 valence electrons. The van der Waals surface area contributed by atoms with Crippen LogP contribution in [0.1, 0.15) is 45.4 Å². The van der Waals surface area contributed by atoms with Gasteiger partial charge in [-0.25, -0.2) is 0 Å². The van der Waals surface area contributed by atoms with Crippen molar-refractivity contribution >= 4 is 0 Å². The van der Waals surface area contributed by atoms with Crippen molar-refractivity contribution in [1.29, 1.82) is 0 Å². The van der Waals surface area contributed by atoms with Gasteiger partial charge in [-0.15, -0.1) is 10.2 Å². The number of hydrogen-bond donors (Lipinski definition) is 1. The van der Waals surface area contributed by atoms with Gasteiger partial charge in [-0.05, 0) is 39.8 Å². The summed E-state index contributed by atoms with van der Waals surface area (Å²) in [7, 11) is 0. The smallest absolute Gasteiger partial charge is 0.242 e. The second kappa shape index (κ2) is 8.20. The van der Waals surface area contributed by atoms with Gasteiger partial charge in [-0.3, -0.25) is 0 Å². The molecule has 1 aromatic rings. The number of aryl methyl sites for hydroxylation is 1. The molecule has 0 amide bonds. The van der Waals surface area contributed by atoms with Gasteiger partial charge in [0.1, 0.15) is 6.61 Å². The fourth-order valence-electron chi connectivity index (χ4n) is 1.35. The number of ether oxygens (including phenoxy) is 1. The summed E-state index contributed by atoms with van der Waals surface area (Å²) in [5.41, 5.74) is 0. The van der Waals surface area contributed by atoms with Crippen molar-refractivity contribution in [2.24, 2.45) is 0 Å². The van der Waals surface area contributed by atoms with Crippen molar-refractivity contribution in [3.05, 3.63) is 11.8 Å². The maximum Gasteiger partial charge on any atom is 0.242 e. The minimum absolute atomic E-state index is 0.184. The lowest BCUT2D eigenvalue weighted by Gasteiger charge is -2.02. The van der Waals surface area contributed by atoms with Crippen LogP contribution in [0.15, 0.2) is 4.42 Å². The van der Waals surface area contributed by atoms with E-state index in [1.165, 1.54) is 0 Å². The molecular weight excluding hydrogens is 218 g/mol. The summed E-state index contributed by atoms with van der Waals surface area (Å²) < 4.78 is 10.9. The molecule has 1 N–H and O–H groups in total. The van der Waals surface area contributed by atoms with E-state index in [1.54, 1.807) is 0 Å². The van der Waals surface area contributed by atoms with Crippen LogP contribution in [0.5, 0.6) is 0 Å². The largest absolute Gasteiger partial charge is 0.423 e. The fourth-order valence-corrected chi connectivity index (χ4v) is 1.35. The maximum absolute atomic E-state index is 5.47. The van der Waals surface area contributed by atoms with Gasteiger partial charge in [-0.1, -0.05) is 6.92 Å². The number of nitrogens with one attached hydrogen (secondary N) is 1. The zero-order valence-electron chi connectivity index (χ0n) is 11.0. The minimum atomic E-state index is 0.184. The Kier molecular flexibility index (Phi) is 6.81. The molecule has 0 bridgehead atoms. The zero-order valence-corrected chi connectivity index (χ0v) is 11.0. The Morgan fingerprint density at radius 2 is 2.00 bits per heavy atom. The highest BCUT2D eigenvalue weighted by Gasteiger charge is 2.06. The van der Waals surface area contributed by atoms with Crippen LogP contribution in [-0.4, -0.2) is 29.4 Å². The molecule has 1 rings (SSSR count). The van der Waals surface area contributed by atoms with E-state index < -0.39 is 0 Å². The van der Waals surface area contributed by atoms with Crippen LogP contribution >= 0.6 is 0 Å². The van der Waals surface area contributed by atoms with Gasteiger partial charge < -0.3 is 14.5 Å². The van der Waals surface area contributed by atoms with Gasteiger partial charge in [0, 0.05) is 6.42 Å². The minimum Gasteiger partial charge on any atom is -0.423 e. The summed E-state index contributed by atoms with van der Waals surface area (Å²) in [6, 6.07) is 0. The summed E-state index contributed by atoms with van der Waals surface area (Å²) in [5.74, 6) is 1.26. The summed E-state index contributed by atoms with van der Waals surface area (Å²) in [4.78, 5) is 0. The Bertz CT molecular complexity index is 300. The van der Waals surface area contributed by atoms with Crippen molar-refractivity contribution in [1.82, 2.24) is 15.5 Å². The molecule has 0 saturated carbocycles. The first-order valence-electron chi connectivity index (χ1n) is 6.36. The molecule has 0 spiro atoms. The van der Waals surface area contributed by atoms with Gasteiger partial charge in [0.25, 0.3) is 0 Å². The van der Waals surface area contributed by atoms with Gasteiger partial charge in [0.2, 0.25) is 11.8 Å². The van der Waals surface area contributed by atoms with Gasteiger partial charge in [-0.2, -0.15) is 0 Å². The molecule has 0 aliphatic heterocycles. The topological polar surface area (TPSA) is 60.2 Å². The number of rotatable bonds is 9. The Labute approximate surface area is 103 Å². The van der Waals surface area contributed by atoms with E-state index in [0.717, 1.165) is 32.4 Å². The molecule has 1 aromatic heterocycles. The van der Waals surface area contributed by atoms with Crippen LogP contribution in [0, 0.1) is 0 Å². The van der Waals surface area contributed by atoms with Crippen molar-refractivity contribution in [2.75, 3.05) is 13.1 Å². The summed E-state index contributed by atoms with van der Waals surface area (Å²) in [6.07, 6.45) is 3.19. The van der Waals surface area contributed by atoms with Crippen molar-refractivity contribution in [3.63, 3.8) is 0 Å². The number of nitrogens with zero attached hydrogens (tertiary/aromatic N) is 2. The van der Waals surface area contributed by atoms with E-state index in [4.69, 9.17) is 9.15 Å². The molecule has 0 radical (unpaired) electrons. The van der Waals surface area contributed by atoms with Crippen molar-refractivity contribution in [2.45, 2.75) is 52.7 Å². The molecule has 0 aliphatic rings. The van der Waals surface area contributed by atoms with Crippen LogP contribution < -0.4 is 5.32 Å². The Hall–Kier alpha value is -0.940. The first-order valence-corrected chi connectivity index (χ1v) is 6.36. The quantitative estimate of drug-likeness (QED) is 0.669. The average molecular weight is 241 g/mol. The van der Waals surface area contributed by atoms with E-state index in [-0.39, 0.29) is 6.10 Å². The lowest BCUT2D eigenvalue weighted by Crippen LogP contribution is -2.16. The van der Waals surface area contributed by atoms with Crippen molar-refractivity contribution < 1.29 is 9.15 Å². The summed E-state index contributed by atoms with van der Waals surface area (Å²) in [6.45, 7) is 8.59. The molecule has 0 fully saturated rings. The second-order valence-corrected chi connectivity index (χ2v) is 4.30. The third kappa shape index (κ3) is 6.38. The Morgan fingerprint density at radius 1 is 1.24 bits per heavy atom. The van der Waals surface area contributed by atoms with Crippen LogP contribution in [0.2, 0.25) is 0 Å². The first-order chi connectivity index (χ1) is 8.22. The molecule has 0 unspecified atom stereocenters. The number of hydrogen-bond acceptors (Lipinski definition) is 5. The molecule has 5 nitrogen and oxygen atoms in total. The van der Waals surface area contributed by atoms with E-state index in [9.17, 15) is 0 Å². The third-order valence-electron chi connectivity index (χ3n) is 2.22. The lowest BCUT2D eigenvalue weighted by atomic mass is 10.3. The highest BCUT2D eigenvalue weighted by molar-refractivity contribution is 4.80. The molecule has 0 atom stereocenters. The number of aromatic nitrogens is 2. The summed E-state index contributed by atoms with van der Waals surface area (Å²) >= 11 is 0.